The third-order valence-corrected chi connectivity index (χ3v) is 4.19. The lowest BCUT2D eigenvalue weighted by Gasteiger charge is -2.36. The second kappa shape index (κ2) is 5.85. The number of aryl methyl sites for hydroxylation is 2. The Morgan fingerprint density at radius 2 is 2.11 bits per heavy atom. The zero-order chi connectivity index (χ0) is 13.1. The third-order valence-electron chi connectivity index (χ3n) is 4.19. The molecule has 2 rings (SSSR count). The van der Waals surface area contributed by atoms with Gasteiger partial charge >= 0.3 is 0 Å². The maximum absolute atomic E-state index is 4.45. The third kappa shape index (κ3) is 2.93. The topological polar surface area (TPSA) is 33.1 Å². The summed E-state index contributed by atoms with van der Waals surface area (Å²) >= 11 is 0. The van der Waals surface area contributed by atoms with Crippen molar-refractivity contribution >= 4 is 0 Å². The van der Waals surface area contributed by atoms with Gasteiger partial charge in [0, 0.05) is 24.8 Å². The lowest BCUT2D eigenvalue weighted by atomic mass is 9.95. The Labute approximate surface area is 110 Å². The number of piperidine rings is 1. The van der Waals surface area contributed by atoms with Crippen molar-refractivity contribution in [3.8, 4) is 0 Å². The number of hydrogen-bond acceptors (Lipinski definition) is 3. The summed E-state index contributed by atoms with van der Waals surface area (Å²) in [7, 11) is 4.05. The van der Waals surface area contributed by atoms with Crippen molar-refractivity contribution in [2.75, 3.05) is 26.7 Å². The molecule has 0 amide bonds. The van der Waals surface area contributed by atoms with Crippen molar-refractivity contribution in [1.29, 1.82) is 0 Å². The summed E-state index contributed by atoms with van der Waals surface area (Å²) < 4.78 is 1.93. The molecule has 1 aliphatic heterocycles. The van der Waals surface area contributed by atoms with Gasteiger partial charge in [0.2, 0.25) is 0 Å². The summed E-state index contributed by atoms with van der Waals surface area (Å²) in [6.45, 7) is 8.00. The highest BCUT2D eigenvalue weighted by atomic mass is 15.3. The van der Waals surface area contributed by atoms with Crippen molar-refractivity contribution in [1.82, 2.24) is 20.0 Å². The molecule has 4 nitrogen and oxygen atoms in total. The highest BCUT2D eigenvalue weighted by molar-refractivity contribution is 5.19. The second-order valence-corrected chi connectivity index (χ2v) is 5.56. The van der Waals surface area contributed by atoms with E-state index in [1.165, 1.54) is 37.2 Å². The van der Waals surface area contributed by atoms with Gasteiger partial charge in [0.15, 0.2) is 0 Å². The SMILES string of the molecule is CNCC1CCN(C(C)c2cn(C)nc2C)CC1. The molecular weight excluding hydrogens is 224 g/mol. The Hall–Kier alpha value is -0.870. The first-order chi connectivity index (χ1) is 8.61. The van der Waals surface area contributed by atoms with Crippen LogP contribution in [0.2, 0.25) is 0 Å². The van der Waals surface area contributed by atoms with Crippen LogP contribution in [0.5, 0.6) is 0 Å². The average molecular weight is 250 g/mol. The van der Waals surface area contributed by atoms with Crippen LogP contribution in [0.25, 0.3) is 0 Å². The van der Waals surface area contributed by atoms with E-state index in [-0.39, 0.29) is 0 Å². The lowest BCUT2D eigenvalue weighted by Crippen LogP contribution is -2.38. The normalized spacial score (nSPS) is 20.2. The van der Waals surface area contributed by atoms with Gasteiger partial charge in [-0.15, -0.1) is 0 Å². The van der Waals surface area contributed by atoms with Crippen molar-refractivity contribution in [2.45, 2.75) is 32.7 Å². The van der Waals surface area contributed by atoms with E-state index in [0.29, 0.717) is 6.04 Å². The van der Waals surface area contributed by atoms with Crippen LogP contribution in [0.15, 0.2) is 6.20 Å². The minimum Gasteiger partial charge on any atom is -0.319 e. The summed E-state index contributed by atoms with van der Waals surface area (Å²) in [5.41, 5.74) is 2.55. The maximum Gasteiger partial charge on any atom is 0.0641 e. The van der Waals surface area contributed by atoms with E-state index in [4.69, 9.17) is 0 Å². The Kier molecular flexibility index (Phi) is 4.40. The molecule has 4 heteroatoms. The number of nitrogens with zero attached hydrogens (tertiary/aromatic N) is 3. The summed E-state index contributed by atoms with van der Waals surface area (Å²) in [6.07, 6.45) is 4.79. The van der Waals surface area contributed by atoms with Gasteiger partial charge in [-0.1, -0.05) is 0 Å². The van der Waals surface area contributed by atoms with Crippen LogP contribution in [0.3, 0.4) is 0 Å². The fourth-order valence-corrected chi connectivity index (χ4v) is 3.06. The summed E-state index contributed by atoms with van der Waals surface area (Å²) in [6, 6.07) is 0.495. The van der Waals surface area contributed by atoms with E-state index < -0.39 is 0 Å². The number of hydrogen-bond donors (Lipinski definition) is 1. The minimum absolute atomic E-state index is 0.495. The maximum atomic E-state index is 4.45. The summed E-state index contributed by atoms with van der Waals surface area (Å²) in [4.78, 5) is 2.59. The Balaban J connectivity index is 1.95. The van der Waals surface area contributed by atoms with Crippen LogP contribution in [-0.4, -0.2) is 41.4 Å². The molecule has 1 fully saturated rings. The van der Waals surface area contributed by atoms with Crippen LogP contribution in [-0.2, 0) is 7.05 Å². The highest BCUT2D eigenvalue weighted by Crippen LogP contribution is 2.27. The standard InChI is InChI=1S/C14H26N4/c1-11-14(10-17(4)16-11)12(2)18-7-5-13(6-8-18)9-15-3/h10,12-13,15H,5-9H2,1-4H3. The monoisotopic (exact) mass is 250 g/mol. The van der Waals surface area contributed by atoms with E-state index in [1.807, 2.05) is 18.8 Å². The number of nitrogens with one attached hydrogen (secondary N) is 1. The van der Waals surface area contributed by atoms with E-state index in [0.717, 1.165) is 12.5 Å². The zero-order valence-electron chi connectivity index (χ0n) is 12.1. The summed E-state index contributed by atoms with van der Waals surface area (Å²) in [5.74, 6) is 0.855. The predicted octanol–water partition coefficient (Wildman–Crippen LogP) is 1.72. The zero-order valence-corrected chi connectivity index (χ0v) is 12.1. The van der Waals surface area contributed by atoms with Crippen molar-refractivity contribution in [2.24, 2.45) is 13.0 Å². The van der Waals surface area contributed by atoms with Crippen molar-refractivity contribution in [3.63, 3.8) is 0 Å². The van der Waals surface area contributed by atoms with Gasteiger partial charge in [-0.25, -0.2) is 0 Å². The molecule has 0 saturated carbocycles. The smallest absolute Gasteiger partial charge is 0.0641 e. The molecular formula is C14H26N4. The Bertz CT molecular complexity index is 377. The molecule has 1 N–H and O–H groups in total. The van der Waals surface area contributed by atoms with E-state index >= 15 is 0 Å². The van der Waals surface area contributed by atoms with Crippen LogP contribution in [0.1, 0.15) is 37.1 Å². The molecule has 0 bridgehead atoms. The lowest BCUT2D eigenvalue weighted by molar-refractivity contribution is 0.140. The molecule has 2 heterocycles. The second-order valence-electron chi connectivity index (χ2n) is 5.56. The van der Waals surface area contributed by atoms with E-state index in [2.05, 4.69) is 35.4 Å². The van der Waals surface area contributed by atoms with Gasteiger partial charge < -0.3 is 5.32 Å². The molecule has 1 atom stereocenters. The van der Waals surface area contributed by atoms with Crippen molar-refractivity contribution < 1.29 is 0 Å². The first-order valence-corrected chi connectivity index (χ1v) is 7.00. The van der Waals surface area contributed by atoms with Gasteiger partial charge in [0.25, 0.3) is 0 Å². The summed E-state index contributed by atoms with van der Waals surface area (Å²) in [5, 5.41) is 7.75. The van der Waals surface area contributed by atoms with E-state index in [1.54, 1.807) is 0 Å². The Morgan fingerprint density at radius 3 is 2.61 bits per heavy atom. The van der Waals surface area contributed by atoms with Crippen LogP contribution in [0.4, 0.5) is 0 Å². The first kappa shape index (κ1) is 13.6. The Morgan fingerprint density at radius 1 is 1.44 bits per heavy atom. The van der Waals surface area contributed by atoms with Crippen LogP contribution in [0, 0.1) is 12.8 Å². The molecule has 18 heavy (non-hydrogen) atoms. The molecule has 1 aromatic rings. The van der Waals surface area contributed by atoms with Crippen molar-refractivity contribution in [3.05, 3.63) is 17.5 Å². The van der Waals surface area contributed by atoms with Gasteiger partial charge in [0.05, 0.1) is 5.69 Å². The number of rotatable bonds is 4. The molecule has 1 aliphatic rings. The average Bonchev–Trinajstić information content (AvgIpc) is 2.69. The first-order valence-electron chi connectivity index (χ1n) is 7.00. The van der Waals surface area contributed by atoms with Gasteiger partial charge in [0.1, 0.15) is 0 Å². The molecule has 0 spiro atoms. The van der Waals surface area contributed by atoms with Gasteiger partial charge in [-0.2, -0.15) is 5.10 Å². The van der Waals surface area contributed by atoms with Crippen LogP contribution >= 0.6 is 0 Å². The quantitative estimate of drug-likeness (QED) is 0.883. The molecule has 1 saturated heterocycles. The van der Waals surface area contributed by atoms with E-state index in [9.17, 15) is 0 Å². The fourth-order valence-electron chi connectivity index (χ4n) is 3.06. The largest absolute Gasteiger partial charge is 0.319 e. The fraction of sp³-hybridized carbons (Fsp3) is 0.786. The molecule has 0 radical (unpaired) electrons. The number of aromatic nitrogens is 2. The highest BCUT2D eigenvalue weighted by Gasteiger charge is 2.24. The molecule has 0 aromatic carbocycles. The van der Waals surface area contributed by atoms with Crippen LogP contribution < -0.4 is 5.32 Å². The predicted molar refractivity (Wildman–Crippen MR) is 74.6 cm³/mol. The molecule has 102 valence electrons. The van der Waals surface area contributed by atoms with Gasteiger partial charge in [-0.3, -0.25) is 9.58 Å². The minimum atomic E-state index is 0.495. The molecule has 0 aliphatic carbocycles. The number of likely N-dealkylation sites (tertiary alicyclic amines) is 1. The molecule has 1 unspecified atom stereocenters. The van der Waals surface area contributed by atoms with Gasteiger partial charge in [-0.05, 0) is 59.3 Å². The molecule has 1 aromatic heterocycles.